The van der Waals surface area contributed by atoms with E-state index in [1.54, 1.807) is 21.9 Å². The highest BCUT2D eigenvalue weighted by atomic mass is 35.5. The summed E-state index contributed by atoms with van der Waals surface area (Å²) in [6.45, 7) is 5.25. The SMILES string of the molecule is C=CC(=O)N1CCN(C(=O)c2cc(O)ccc2-c2ccccc2Cl)CC1. The normalized spacial score (nSPS) is 14.2. The van der Waals surface area contributed by atoms with E-state index in [9.17, 15) is 14.7 Å². The zero-order chi connectivity index (χ0) is 18.7. The van der Waals surface area contributed by atoms with Gasteiger partial charge in [-0.1, -0.05) is 36.4 Å². The van der Waals surface area contributed by atoms with Gasteiger partial charge in [0.1, 0.15) is 5.75 Å². The molecule has 2 aromatic carbocycles. The summed E-state index contributed by atoms with van der Waals surface area (Å²) >= 11 is 6.29. The molecule has 0 bridgehead atoms. The Kier molecular flexibility index (Phi) is 5.28. The fourth-order valence-electron chi connectivity index (χ4n) is 3.05. The van der Waals surface area contributed by atoms with Crippen LogP contribution in [0.1, 0.15) is 10.4 Å². The molecule has 2 amide bonds. The van der Waals surface area contributed by atoms with Crippen molar-refractivity contribution in [3.63, 3.8) is 0 Å². The number of carbonyl (C=O) groups excluding carboxylic acids is 2. The molecule has 1 aliphatic heterocycles. The van der Waals surface area contributed by atoms with Gasteiger partial charge in [-0.2, -0.15) is 0 Å². The molecule has 3 rings (SSSR count). The second kappa shape index (κ2) is 7.62. The minimum Gasteiger partial charge on any atom is -0.508 e. The highest BCUT2D eigenvalue weighted by Gasteiger charge is 2.26. The number of carbonyl (C=O) groups is 2. The van der Waals surface area contributed by atoms with Crippen LogP contribution in [0, 0.1) is 0 Å². The summed E-state index contributed by atoms with van der Waals surface area (Å²) in [6, 6.07) is 12.0. The van der Waals surface area contributed by atoms with Crippen LogP contribution >= 0.6 is 11.6 Å². The van der Waals surface area contributed by atoms with Crippen LogP contribution in [0.15, 0.2) is 55.1 Å². The van der Waals surface area contributed by atoms with Crippen LogP contribution in [0.4, 0.5) is 0 Å². The van der Waals surface area contributed by atoms with Crippen LogP contribution in [0.2, 0.25) is 5.02 Å². The first-order valence-electron chi connectivity index (χ1n) is 8.30. The number of phenolic OH excluding ortho intramolecular Hbond substituents is 1. The third kappa shape index (κ3) is 3.58. The maximum absolute atomic E-state index is 13.1. The van der Waals surface area contributed by atoms with Gasteiger partial charge in [-0.15, -0.1) is 0 Å². The molecule has 0 atom stereocenters. The average Bonchev–Trinajstić information content (AvgIpc) is 2.67. The maximum Gasteiger partial charge on any atom is 0.254 e. The van der Waals surface area contributed by atoms with Gasteiger partial charge >= 0.3 is 0 Å². The molecule has 1 N–H and O–H groups in total. The van der Waals surface area contributed by atoms with Gasteiger partial charge in [0, 0.05) is 36.8 Å². The summed E-state index contributed by atoms with van der Waals surface area (Å²) in [6.07, 6.45) is 1.28. The van der Waals surface area contributed by atoms with Crippen LogP contribution in [0.25, 0.3) is 11.1 Å². The number of benzene rings is 2. The largest absolute Gasteiger partial charge is 0.508 e. The number of nitrogens with zero attached hydrogens (tertiary/aromatic N) is 2. The van der Waals surface area contributed by atoms with Gasteiger partial charge in [-0.3, -0.25) is 9.59 Å². The fourth-order valence-corrected chi connectivity index (χ4v) is 3.29. The third-order valence-corrected chi connectivity index (χ3v) is 4.78. The highest BCUT2D eigenvalue weighted by molar-refractivity contribution is 6.33. The number of piperazine rings is 1. The Morgan fingerprint density at radius 2 is 1.65 bits per heavy atom. The van der Waals surface area contributed by atoms with Crippen molar-refractivity contribution in [3.05, 3.63) is 65.7 Å². The monoisotopic (exact) mass is 370 g/mol. The lowest BCUT2D eigenvalue weighted by Gasteiger charge is -2.34. The summed E-state index contributed by atoms with van der Waals surface area (Å²) in [4.78, 5) is 28.1. The van der Waals surface area contributed by atoms with E-state index in [1.165, 1.54) is 18.2 Å². The molecule has 1 heterocycles. The molecule has 0 saturated carbocycles. The zero-order valence-corrected chi connectivity index (χ0v) is 14.9. The molecule has 0 aromatic heterocycles. The van der Waals surface area contributed by atoms with Crippen molar-refractivity contribution in [2.24, 2.45) is 0 Å². The average molecular weight is 371 g/mol. The van der Waals surface area contributed by atoms with Gasteiger partial charge in [0.15, 0.2) is 0 Å². The van der Waals surface area contributed by atoms with Crippen molar-refractivity contribution in [1.82, 2.24) is 9.80 Å². The number of phenols is 1. The molecule has 1 saturated heterocycles. The quantitative estimate of drug-likeness (QED) is 0.844. The Morgan fingerprint density at radius 1 is 1.00 bits per heavy atom. The Hall–Kier alpha value is -2.79. The van der Waals surface area contributed by atoms with Crippen LogP contribution in [-0.2, 0) is 4.79 Å². The molecule has 2 aromatic rings. The van der Waals surface area contributed by atoms with E-state index in [2.05, 4.69) is 6.58 Å². The first-order chi connectivity index (χ1) is 12.5. The lowest BCUT2D eigenvalue weighted by Crippen LogP contribution is -2.50. The Morgan fingerprint density at radius 3 is 2.31 bits per heavy atom. The second-order valence-corrected chi connectivity index (χ2v) is 6.44. The van der Waals surface area contributed by atoms with E-state index < -0.39 is 0 Å². The molecular weight excluding hydrogens is 352 g/mol. The first kappa shape index (κ1) is 18.0. The van der Waals surface area contributed by atoms with Gasteiger partial charge in [0.05, 0.1) is 5.56 Å². The second-order valence-electron chi connectivity index (χ2n) is 6.03. The minimum atomic E-state index is -0.193. The van der Waals surface area contributed by atoms with Crippen molar-refractivity contribution in [2.45, 2.75) is 0 Å². The first-order valence-corrected chi connectivity index (χ1v) is 8.67. The van der Waals surface area contributed by atoms with Gasteiger partial charge in [0.25, 0.3) is 5.91 Å². The summed E-state index contributed by atoms with van der Waals surface area (Å²) in [7, 11) is 0. The lowest BCUT2D eigenvalue weighted by atomic mass is 9.98. The number of hydrogen-bond acceptors (Lipinski definition) is 3. The maximum atomic E-state index is 13.1. The van der Waals surface area contributed by atoms with Gasteiger partial charge < -0.3 is 14.9 Å². The molecule has 0 radical (unpaired) electrons. The Labute approximate surface area is 157 Å². The topological polar surface area (TPSA) is 60.9 Å². The lowest BCUT2D eigenvalue weighted by molar-refractivity contribution is -0.127. The van der Waals surface area contributed by atoms with E-state index in [0.29, 0.717) is 42.3 Å². The zero-order valence-electron chi connectivity index (χ0n) is 14.2. The van der Waals surface area contributed by atoms with Crippen molar-refractivity contribution in [2.75, 3.05) is 26.2 Å². The predicted octanol–water partition coefficient (Wildman–Crippen LogP) is 3.18. The van der Waals surface area contributed by atoms with Gasteiger partial charge in [-0.05, 0) is 35.9 Å². The van der Waals surface area contributed by atoms with E-state index >= 15 is 0 Å². The van der Waals surface area contributed by atoms with Crippen LogP contribution in [-0.4, -0.2) is 52.9 Å². The molecule has 0 spiro atoms. The smallest absolute Gasteiger partial charge is 0.254 e. The summed E-state index contributed by atoms with van der Waals surface area (Å²) in [5, 5.41) is 10.4. The number of amides is 2. The van der Waals surface area contributed by atoms with Crippen molar-refractivity contribution < 1.29 is 14.7 Å². The predicted molar refractivity (Wildman–Crippen MR) is 101 cm³/mol. The van der Waals surface area contributed by atoms with E-state index in [-0.39, 0.29) is 17.6 Å². The highest BCUT2D eigenvalue weighted by Crippen LogP contribution is 2.33. The van der Waals surface area contributed by atoms with E-state index in [0.717, 1.165) is 5.56 Å². The standard InChI is InChI=1S/C20H19ClN2O3/c1-2-19(25)22-9-11-23(12-10-22)20(26)17-13-14(24)7-8-15(17)16-5-3-4-6-18(16)21/h2-8,13,24H,1,9-12H2. The summed E-state index contributed by atoms with van der Waals surface area (Å²) in [5.41, 5.74) is 1.79. The molecular formula is C20H19ClN2O3. The summed E-state index contributed by atoms with van der Waals surface area (Å²) in [5.74, 6) is -0.308. The third-order valence-electron chi connectivity index (χ3n) is 4.45. The fraction of sp³-hybridized carbons (Fsp3) is 0.200. The summed E-state index contributed by atoms with van der Waals surface area (Å²) < 4.78 is 0. The molecule has 0 unspecified atom stereocenters. The molecule has 5 nitrogen and oxygen atoms in total. The van der Waals surface area contributed by atoms with Crippen molar-refractivity contribution in [3.8, 4) is 16.9 Å². The van der Waals surface area contributed by atoms with Crippen molar-refractivity contribution in [1.29, 1.82) is 0 Å². The number of hydrogen-bond donors (Lipinski definition) is 1. The minimum absolute atomic E-state index is 0.0182. The Bertz CT molecular complexity index is 858. The molecule has 1 aliphatic rings. The Balaban J connectivity index is 1.89. The van der Waals surface area contributed by atoms with Crippen LogP contribution in [0.5, 0.6) is 5.75 Å². The van der Waals surface area contributed by atoms with Crippen molar-refractivity contribution >= 4 is 23.4 Å². The van der Waals surface area contributed by atoms with Gasteiger partial charge in [-0.25, -0.2) is 0 Å². The molecule has 26 heavy (non-hydrogen) atoms. The molecule has 6 heteroatoms. The van der Waals surface area contributed by atoms with E-state index in [1.807, 2.05) is 18.2 Å². The van der Waals surface area contributed by atoms with Gasteiger partial charge in [0.2, 0.25) is 5.91 Å². The number of halogens is 1. The number of aromatic hydroxyl groups is 1. The van der Waals surface area contributed by atoms with Crippen LogP contribution in [0.3, 0.4) is 0 Å². The number of rotatable bonds is 3. The van der Waals surface area contributed by atoms with Crippen LogP contribution < -0.4 is 0 Å². The molecule has 1 fully saturated rings. The molecule has 0 aliphatic carbocycles. The molecule has 134 valence electrons. The van der Waals surface area contributed by atoms with E-state index in [4.69, 9.17) is 11.6 Å².